The summed E-state index contributed by atoms with van der Waals surface area (Å²) in [6.45, 7) is 5.30. The number of aromatic amines is 1. The van der Waals surface area contributed by atoms with Crippen LogP contribution in [0.5, 0.6) is 0 Å². The number of benzene rings is 2. The van der Waals surface area contributed by atoms with Crippen LogP contribution in [0.4, 0.5) is 11.4 Å². The number of rotatable bonds is 4. The van der Waals surface area contributed by atoms with Crippen LogP contribution in [-0.2, 0) is 10.0 Å². The summed E-state index contributed by atoms with van der Waals surface area (Å²) in [5.74, 6) is 0. The third-order valence-corrected chi connectivity index (χ3v) is 5.55. The van der Waals surface area contributed by atoms with E-state index < -0.39 is 15.6 Å². The van der Waals surface area contributed by atoms with Crippen molar-refractivity contribution >= 4 is 21.4 Å². The fourth-order valence-electron chi connectivity index (χ4n) is 2.39. The molecule has 0 fully saturated rings. The first-order valence-corrected chi connectivity index (χ1v) is 9.36. The largest absolute Gasteiger partial charge is 0.309 e. The van der Waals surface area contributed by atoms with Gasteiger partial charge >= 0.3 is 5.56 Å². The number of azo groups is 1. The molecule has 0 bridgehead atoms. The van der Waals surface area contributed by atoms with E-state index in [9.17, 15) is 13.2 Å². The average molecular weight is 370 g/mol. The molecule has 0 aliphatic rings. The van der Waals surface area contributed by atoms with Gasteiger partial charge in [0, 0.05) is 0 Å². The second-order valence-electron chi connectivity index (χ2n) is 5.96. The van der Waals surface area contributed by atoms with Crippen LogP contribution < -0.4 is 5.56 Å². The van der Waals surface area contributed by atoms with Gasteiger partial charge in [0.1, 0.15) is 0 Å². The quantitative estimate of drug-likeness (QED) is 0.708. The van der Waals surface area contributed by atoms with E-state index in [4.69, 9.17) is 0 Å². The van der Waals surface area contributed by atoms with Crippen LogP contribution in [0.2, 0.25) is 0 Å². The second-order valence-corrected chi connectivity index (χ2v) is 7.75. The molecule has 0 aliphatic heterocycles. The third kappa shape index (κ3) is 3.23. The molecular weight excluding hydrogens is 352 g/mol. The van der Waals surface area contributed by atoms with Crippen molar-refractivity contribution < 1.29 is 8.42 Å². The Morgan fingerprint density at radius 3 is 2.23 bits per heavy atom. The van der Waals surface area contributed by atoms with E-state index in [1.807, 2.05) is 32.0 Å². The molecule has 0 radical (unpaired) electrons. The SMILES string of the molecule is Cc1ccc(S(=O)(=O)n2[nH]c(C)c(N=Nc3ccccc3C)c2=O)cc1. The Hall–Kier alpha value is -3.00. The first-order valence-electron chi connectivity index (χ1n) is 7.92. The summed E-state index contributed by atoms with van der Waals surface area (Å²) in [5, 5.41) is 10.6. The average Bonchev–Trinajstić information content (AvgIpc) is 2.90. The minimum Gasteiger partial charge on any atom is -0.283 e. The Bertz CT molecular complexity index is 1140. The first-order chi connectivity index (χ1) is 12.3. The highest BCUT2D eigenvalue weighted by Gasteiger charge is 2.23. The number of H-pyrrole nitrogens is 1. The van der Waals surface area contributed by atoms with E-state index in [0.717, 1.165) is 11.1 Å². The van der Waals surface area contributed by atoms with Crippen molar-refractivity contribution in [2.75, 3.05) is 0 Å². The molecule has 0 saturated heterocycles. The van der Waals surface area contributed by atoms with Gasteiger partial charge < -0.3 is 0 Å². The first kappa shape index (κ1) is 17.8. The number of hydrogen-bond acceptors (Lipinski definition) is 5. The maximum Gasteiger partial charge on any atom is 0.309 e. The van der Waals surface area contributed by atoms with Gasteiger partial charge in [-0.05, 0) is 44.5 Å². The van der Waals surface area contributed by atoms with Gasteiger partial charge in [-0.1, -0.05) is 35.9 Å². The normalized spacial score (nSPS) is 12.0. The second kappa shape index (κ2) is 6.72. The van der Waals surface area contributed by atoms with Gasteiger partial charge in [-0.2, -0.15) is 13.5 Å². The number of nitrogens with one attached hydrogen (secondary N) is 1. The molecule has 134 valence electrons. The Morgan fingerprint density at radius 2 is 1.58 bits per heavy atom. The molecular formula is C18H18N4O3S. The molecule has 0 spiro atoms. The lowest BCUT2D eigenvalue weighted by atomic mass is 10.2. The van der Waals surface area contributed by atoms with E-state index in [1.54, 1.807) is 25.1 Å². The molecule has 1 heterocycles. The van der Waals surface area contributed by atoms with Gasteiger partial charge in [-0.15, -0.1) is 9.20 Å². The number of aromatic nitrogens is 2. The molecule has 3 aromatic rings. The zero-order chi connectivity index (χ0) is 18.9. The summed E-state index contributed by atoms with van der Waals surface area (Å²) in [6.07, 6.45) is 0. The molecule has 0 saturated carbocycles. The van der Waals surface area contributed by atoms with E-state index in [-0.39, 0.29) is 10.6 Å². The summed E-state index contributed by atoms with van der Waals surface area (Å²) in [5.41, 5.74) is 1.96. The lowest BCUT2D eigenvalue weighted by Gasteiger charge is -2.04. The highest BCUT2D eigenvalue weighted by Crippen LogP contribution is 2.22. The number of nitrogens with zero attached hydrogens (tertiary/aromatic N) is 3. The van der Waals surface area contributed by atoms with Gasteiger partial charge in [0.15, 0.2) is 5.69 Å². The maximum absolute atomic E-state index is 12.7. The van der Waals surface area contributed by atoms with Crippen molar-refractivity contribution in [1.29, 1.82) is 0 Å². The van der Waals surface area contributed by atoms with Gasteiger partial charge in [-0.25, -0.2) is 0 Å². The van der Waals surface area contributed by atoms with Crippen LogP contribution in [0, 0.1) is 20.8 Å². The zero-order valence-electron chi connectivity index (χ0n) is 14.6. The monoisotopic (exact) mass is 370 g/mol. The molecule has 7 nitrogen and oxygen atoms in total. The molecule has 1 N–H and O–H groups in total. The minimum absolute atomic E-state index is 0.0221. The molecule has 0 unspecified atom stereocenters. The summed E-state index contributed by atoms with van der Waals surface area (Å²) < 4.78 is 26.0. The smallest absolute Gasteiger partial charge is 0.283 e. The summed E-state index contributed by atoms with van der Waals surface area (Å²) in [6, 6.07) is 13.6. The number of aryl methyl sites for hydroxylation is 3. The zero-order valence-corrected chi connectivity index (χ0v) is 15.4. The predicted molar refractivity (Wildman–Crippen MR) is 98.9 cm³/mol. The topological polar surface area (TPSA) is 96.7 Å². The van der Waals surface area contributed by atoms with Crippen molar-refractivity contribution in [3.63, 3.8) is 0 Å². The fourth-order valence-corrected chi connectivity index (χ4v) is 3.65. The van der Waals surface area contributed by atoms with Gasteiger partial charge in [0.05, 0.1) is 16.3 Å². The van der Waals surface area contributed by atoms with Crippen LogP contribution in [0.1, 0.15) is 16.8 Å². The van der Waals surface area contributed by atoms with E-state index in [1.165, 1.54) is 12.1 Å². The lowest BCUT2D eigenvalue weighted by Crippen LogP contribution is -2.25. The van der Waals surface area contributed by atoms with Crippen LogP contribution in [-0.4, -0.2) is 17.6 Å². The predicted octanol–water partition coefficient (Wildman–Crippen LogP) is 3.75. The van der Waals surface area contributed by atoms with Crippen molar-refractivity contribution in [2.24, 2.45) is 10.2 Å². The maximum atomic E-state index is 12.7. The molecule has 3 rings (SSSR count). The summed E-state index contributed by atoms with van der Waals surface area (Å²) >= 11 is 0. The third-order valence-electron chi connectivity index (χ3n) is 3.94. The molecule has 8 heteroatoms. The van der Waals surface area contributed by atoms with Gasteiger partial charge in [0.2, 0.25) is 0 Å². The van der Waals surface area contributed by atoms with Crippen LogP contribution in [0.15, 0.2) is 68.4 Å². The Kier molecular flexibility index (Phi) is 4.60. The Morgan fingerprint density at radius 1 is 0.923 bits per heavy atom. The highest BCUT2D eigenvalue weighted by molar-refractivity contribution is 7.89. The van der Waals surface area contributed by atoms with Gasteiger partial charge in [0.25, 0.3) is 10.0 Å². The highest BCUT2D eigenvalue weighted by atomic mass is 32.2. The minimum atomic E-state index is -4.03. The molecule has 0 atom stereocenters. The van der Waals surface area contributed by atoms with E-state index in [2.05, 4.69) is 15.3 Å². The van der Waals surface area contributed by atoms with Crippen molar-refractivity contribution in [3.8, 4) is 0 Å². The molecule has 0 amide bonds. The summed E-state index contributed by atoms with van der Waals surface area (Å²) in [7, 11) is -4.03. The van der Waals surface area contributed by atoms with Crippen molar-refractivity contribution in [1.82, 2.24) is 9.19 Å². The molecule has 26 heavy (non-hydrogen) atoms. The van der Waals surface area contributed by atoms with Crippen molar-refractivity contribution in [2.45, 2.75) is 25.7 Å². The van der Waals surface area contributed by atoms with Crippen molar-refractivity contribution in [3.05, 3.63) is 75.7 Å². The molecule has 1 aromatic heterocycles. The van der Waals surface area contributed by atoms with E-state index >= 15 is 0 Å². The number of hydrogen-bond donors (Lipinski definition) is 1. The van der Waals surface area contributed by atoms with Crippen LogP contribution >= 0.6 is 0 Å². The Labute approximate surface area is 151 Å². The standard InChI is InChI=1S/C18H18N4O3S/c1-12-8-10-15(11-9-12)26(24,25)22-18(23)17(14(3)21-22)20-19-16-7-5-4-6-13(16)2/h4-11,21H,1-3H3. The Balaban J connectivity index is 2.05. The van der Waals surface area contributed by atoms with Crippen LogP contribution in [0.3, 0.4) is 0 Å². The van der Waals surface area contributed by atoms with E-state index in [0.29, 0.717) is 15.5 Å². The van der Waals surface area contributed by atoms with Gasteiger partial charge in [-0.3, -0.25) is 9.89 Å². The fraction of sp³-hybridized carbons (Fsp3) is 0.167. The molecule has 0 aliphatic carbocycles. The molecule has 2 aromatic carbocycles. The summed E-state index contributed by atoms with van der Waals surface area (Å²) in [4.78, 5) is 12.6. The van der Waals surface area contributed by atoms with Crippen LogP contribution in [0.25, 0.3) is 0 Å². The lowest BCUT2D eigenvalue weighted by molar-refractivity contribution is 0.577.